The van der Waals surface area contributed by atoms with Gasteiger partial charge in [-0.05, 0) is 104 Å². The first-order valence-electron chi connectivity index (χ1n) is 33.9. The number of hydrogen-bond donors (Lipinski definition) is 7. The molecule has 96 heavy (non-hydrogen) atoms. The van der Waals surface area contributed by atoms with Crippen molar-refractivity contribution in [1.29, 1.82) is 0 Å². The monoisotopic (exact) mass is 1350 g/mol. The van der Waals surface area contributed by atoms with E-state index < -0.39 is 72.1 Å². The number of thiazole rings is 1. The Bertz CT molecular complexity index is 3140. The van der Waals surface area contributed by atoms with Crippen LogP contribution in [0.15, 0.2) is 66.1 Å². The molecule has 2 aromatic carbocycles. The number of urea groups is 1. The van der Waals surface area contributed by atoms with Crippen LogP contribution in [-0.2, 0) is 65.6 Å². The van der Waals surface area contributed by atoms with E-state index in [2.05, 4.69) is 31.9 Å². The molecule has 26 heteroatoms. The number of fused-ring (bicyclic) bond motifs is 1. The Morgan fingerprint density at radius 2 is 1.47 bits per heavy atom. The van der Waals surface area contributed by atoms with Crippen LogP contribution in [0.3, 0.4) is 0 Å². The number of carbonyl (C=O) groups is 11. The van der Waals surface area contributed by atoms with Crippen molar-refractivity contribution in [3.8, 4) is 0 Å². The molecule has 0 unspecified atom stereocenters. The Morgan fingerprint density at radius 1 is 0.781 bits per heavy atom. The van der Waals surface area contributed by atoms with Crippen LogP contribution in [0.4, 0.5) is 15.3 Å². The predicted molar refractivity (Wildman–Crippen MR) is 365 cm³/mol. The van der Waals surface area contributed by atoms with Gasteiger partial charge in [-0.2, -0.15) is 0 Å². The number of aromatic nitrogens is 1. The highest BCUT2D eigenvalue weighted by atomic mass is 32.1. The third-order valence-corrected chi connectivity index (χ3v) is 18.7. The zero-order chi connectivity index (χ0) is 70.8. The normalized spacial score (nSPS) is 16.8. The minimum absolute atomic E-state index is 0.0816. The number of primary amides is 1. The summed E-state index contributed by atoms with van der Waals surface area (Å²) in [7, 11) is 2.85. The Labute approximate surface area is 569 Å². The van der Waals surface area contributed by atoms with E-state index in [1.54, 1.807) is 43.5 Å². The molecule has 2 aliphatic rings. The summed E-state index contributed by atoms with van der Waals surface area (Å²) in [4.78, 5) is 156. The number of nitrogens with zero attached hydrogens (tertiary/aromatic N) is 4. The summed E-state index contributed by atoms with van der Waals surface area (Å²) in [5.41, 5.74) is 8.24. The van der Waals surface area contributed by atoms with Crippen molar-refractivity contribution in [2.75, 3.05) is 45.7 Å². The number of ether oxygens (including phenoxy) is 3. The first kappa shape index (κ1) is 78.4. The number of likely N-dealkylation sites (N-methyl/N-ethyl adjacent to an activating group) is 1. The summed E-state index contributed by atoms with van der Waals surface area (Å²) in [6.07, 6.45) is 6.67. The van der Waals surface area contributed by atoms with Gasteiger partial charge in [-0.3, -0.25) is 53.0 Å². The molecule has 3 aromatic rings. The zero-order valence-electron chi connectivity index (χ0n) is 58.0. The fourth-order valence-electron chi connectivity index (χ4n) is 11.9. The van der Waals surface area contributed by atoms with E-state index >= 15 is 4.79 Å². The van der Waals surface area contributed by atoms with Gasteiger partial charge in [-0.1, -0.05) is 125 Å². The van der Waals surface area contributed by atoms with Crippen molar-refractivity contribution >= 4 is 82.4 Å². The fraction of sp³-hybridized carbons (Fsp3) is 0.600. The van der Waals surface area contributed by atoms with Gasteiger partial charge < -0.3 is 56.7 Å². The van der Waals surface area contributed by atoms with E-state index in [9.17, 15) is 47.9 Å². The lowest BCUT2D eigenvalue weighted by molar-refractivity contribution is -0.143. The Balaban J connectivity index is 1.23. The summed E-state index contributed by atoms with van der Waals surface area (Å²) in [6, 6.07) is 8.54. The third kappa shape index (κ3) is 23.0. The van der Waals surface area contributed by atoms with Crippen molar-refractivity contribution < 1.29 is 67.0 Å². The Morgan fingerprint density at radius 3 is 2.09 bits per heavy atom. The van der Waals surface area contributed by atoms with Crippen molar-refractivity contribution in [2.45, 2.75) is 208 Å². The predicted octanol–water partition coefficient (Wildman–Crippen LogP) is 7.98. The first-order valence-corrected chi connectivity index (χ1v) is 34.8. The first-order chi connectivity index (χ1) is 45.8. The summed E-state index contributed by atoms with van der Waals surface area (Å²) < 4.78 is 17.4. The minimum Gasteiger partial charge on any atom is -0.469 e. The smallest absolute Gasteiger partial charge is 0.410 e. The molecule has 0 saturated carbocycles. The minimum atomic E-state index is -1.11. The number of esters is 1. The number of nitrogens with two attached hydrogens (primary N) is 1. The second-order valence-electron chi connectivity index (χ2n) is 25.7. The fourth-order valence-corrected chi connectivity index (χ4v) is 12.7. The molecule has 2 heterocycles. The number of anilines is 1. The zero-order valence-corrected chi connectivity index (χ0v) is 58.8. The summed E-state index contributed by atoms with van der Waals surface area (Å²) in [5.74, 6) is -5.50. The van der Waals surface area contributed by atoms with E-state index in [1.807, 2.05) is 84.6 Å². The topological polar surface area (TPSA) is 336 Å². The number of methoxy groups -OCH3 is 1. The number of unbranched alkanes of at least 4 members (excludes halogenated alkanes) is 2. The van der Waals surface area contributed by atoms with E-state index in [-0.39, 0.29) is 110 Å². The van der Waals surface area contributed by atoms with Crippen molar-refractivity contribution in [3.05, 3.63) is 93.5 Å². The SMILES string of the molecule is CCCO[C@H](C[C@H](C(C)C)N(CCC)C(=O)[C@@H](NC(=O)[C@H]([C@@H](C)CC)N(C)C(=O)OCc1ccc(NC(=O)[C@H](CCCNC(N)=O)NC(=O)[C@@H](NC(=O)CCCCCN2C(=O)C=CC2=O)C(C)C)cc1)[C@@H](C)CC)c1nc(C(=O)N[C@H]2Cc3ccccc3[C@H](C(=O)OC)C2)cs1. The molecule has 0 spiro atoms. The molecule has 0 radical (unpaired) electrons. The number of benzene rings is 2. The maximum Gasteiger partial charge on any atom is 0.410 e. The molecule has 1 aliphatic carbocycles. The quantitative estimate of drug-likeness (QED) is 0.0162. The van der Waals surface area contributed by atoms with Gasteiger partial charge >= 0.3 is 18.1 Å². The maximum atomic E-state index is 15.3. The number of amides is 11. The van der Waals surface area contributed by atoms with Gasteiger partial charge in [-0.15, -0.1) is 11.3 Å². The largest absolute Gasteiger partial charge is 0.469 e. The Kier molecular flexibility index (Phi) is 31.9. The molecular weight excluding hydrogens is 1250 g/mol. The molecule has 8 N–H and O–H groups in total. The molecule has 0 bridgehead atoms. The second kappa shape index (κ2) is 39.1. The highest BCUT2D eigenvalue weighted by molar-refractivity contribution is 7.09. The van der Waals surface area contributed by atoms with E-state index in [1.165, 1.54) is 42.5 Å². The Hall–Kier alpha value is -8.26. The van der Waals surface area contributed by atoms with Gasteiger partial charge in [0.2, 0.25) is 29.5 Å². The number of imide groups is 1. The van der Waals surface area contributed by atoms with Crippen LogP contribution < -0.4 is 37.6 Å². The van der Waals surface area contributed by atoms with Gasteiger partial charge in [0.05, 0.1) is 13.0 Å². The number of nitrogens with one attached hydrogen (secondary N) is 6. The lowest BCUT2D eigenvalue weighted by atomic mass is 9.80. The highest BCUT2D eigenvalue weighted by Crippen LogP contribution is 2.35. The summed E-state index contributed by atoms with van der Waals surface area (Å²) >= 11 is 1.31. The number of rotatable bonds is 39. The van der Waals surface area contributed by atoms with Crippen molar-refractivity contribution in [3.63, 3.8) is 0 Å². The van der Waals surface area contributed by atoms with Crippen LogP contribution in [0.5, 0.6) is 0 Å². The van der Waals surface area contributed by atoms with Crippen molar-refractivity contribution in [2.24, 2.45) is 29.4 Å². The average Bonchev–Trinajstić information content (AvgIpc) is 1.000. The van der Waals surface area contributed by atoms with Gasteiger partial charge in [0.25, 0.3) is 17.7 Å². The molecule has 11 amide bonds. The maximum absolute atomic E-state index is 15.3. The number of carbonyl (C=O) groups excluding carboxylic acids is 11. The number of hydrogen-bond acceptors (Lipinski definition) is 16. The standard InChI is InChI=1S/C70H103N11O14S/c1-13-34-80(54(42(5)6)39-55(94-36-14-2)66-76-53(41-96-66)63(86)74-49-37-47-23-19-20-24-50(47)51(38-49)68(90)93-12)67(89)60(44(9)15-3)78-65(88)61(45(10)16-4)79(11)70(92)95-40-46-27-29-48(30-28-46)73-62(85)52(25-22-33-72-69(71)91)75-64(87)59(43(7)8)77-56(82)26-18-17-21-35-81-57(83)31-32-58(81)84/h19-20,23-24,27-32,41-45,49,51-52,54-55,59-61H,13-18,21-22,25-26,33-40H2,1-12H3,(H,73,85)(H,74,86)(H,75,87)(H,77,82)(H,78,88)(H3,71,72,91)/t44-,45-,49-,51+,52-,54+,55+,59-,60-,61-/m0/s1. The second-order valence-corrected chi connectivity index (χ2v) is 26.6. The average molecular weight is 1350 g/mol. The van der Waals surface area contributed by atoms with E-state index in [0.717, 1.165) is 16.0 Å². The molecule has 25 nitrogen and oxygen atoms in total. The van der Waals surface area contributed by atoms with Crippen LogP contribution in [0.1, 0.15) is 190 Å². The highest BCUT2D eigenvalue weighted by Gasteiger charge is 2.41. The third-order valence-electron chi connectivity index (χ3n) is 17.7. The molecule has 10 atom stereocenters. The molecule has 5 rings (SSSR count). The lowest BCUT2D eigenvalue weighted by Gasteiger charge is -2.40. The van der Waals surface area contributed by atoms with Crippen LogP contribution in [0.25, 0.3) is 0 Å². The van der Waals surface area contributed by atoms with Crippen LogP contribution in [0.2, 0.25) is 0 Å². The van der Waals surface area contributed by atoms with Gasteiger partial charge in [-0.25, -0.2) is 14.6 Å². The van der Waals surface area contributed by atoms with E-state index in [4.69, 9.17) is 24.9 Å². The molecule has 1 aromatic heterocycles. The lowest BCUT2D eigenvalue weighted by Crippen LogP contribution is -2.59. The van der Waals surface area contributed by atoms with Gasteiger partial charge in [0.1, 0.15) is 47.6 Å². The molecule has 1 aliphatic heterocycles. The molecule has 528 valence electrons. The summed E-state index contributed by atoms with van der Waals surface area (Å²) in [5, 5.41) is 19.3. The van der Waals surface area contributed by atoms with Gasteiger partial charge in [0.15, 0.2) is 0 Å². The van der Waals surface area contributed by atoms with E-state index in [0.29, 0.717) is 93.6 Å². The van der Waals surface area contributed by atoms with Crippen LogP contribution >= 0.6 is 11.3 Å². The van der Waals surface area contributed by atoms with Gasteiger partial charge in [0, 0.05) is 81.4 Å². The van der Waals surface area contributed by atoms with Crippen LogP contribution in [-0.4, -0.2) is 162 Å². The molecule has 0 fully saturated rings. The molecular formula is C70H103N11O14S. The van der Waals surface area contributed by atoms with Crippen LogP contribution in [0, 0.1) is 23.7 Å². The summed E-state index contributed by atoms with van der Waals surface area (Å²) in [6.45, 7) is 20.1. The van der Waals surface area contributed by atoms with Crippen molar-refractivity contribution in [1.82, 2.24) is 46.3 Å². The molecule has 0 saturated heterocycles.